The van der Waals surface area contributed by atoms with Gasteiger partial charge in [0.15, 0.2) is 5.82 Å². The Balaban J connectivity index is 1.37. The number of halogens is 3. The molecule has 0 amide bonds. The number of benzene rings is 2. The number of phenolic OH excluding ortho intramolecular Hbond substituents is 1. The molecule has 3 atom stereocenters. The van der Waals surface area contributed by atoms with Crippen molar-refractivity contribution in [3.05, 3.63) is 47.7 Å². The van der Waals surface area contributed by atoms with E-state index < -0.39 is 23.3 Å². The van der Waals surface area contributed by atoms with Crippen LogP contribution in [0.4, 0.5) is 19.0 Å². The molecule has 3 fully saturated rings. The third kappa shape index (κ3) is 4.72. The highest BCUT2D eigenvalue weighted by Gasteiger charge is 2.49. The Hall–Kier alpha value is -3.70. The van der Waals surface area contributed by atoms with Gasteiger partial charge in [-0.2, -0.15) is 9.97 Å². The van der Waals surface area contributed by atoms with Crippen LogP contribution < -0.4 is 9.64 Å². The number of hydrogen-bond donors (Lipinski definition) is 2. The summed E-state index contributed by atoms with van der Waals surface area (Å²) in [5, 5.41) is 22.0. The highest BCUT2D eigenvalue weighted by atomic mass is 19.1. The van der Waals surface area contributed by atoms with E-state index in [0.29, 0.717) is 60.0 Å². The van der Waals surface area contributed by atoms with Gasteiger partial charge in [-0.1, -0.05) is 19.9 Å². The lowest BCUT2D eigenvalue weighted by Gasteiger charge is -2.31. The molecule has 0 radical (unpaired) electrons. The number of aliphatic hydroxyl groups is 1. The number of aliphatic hydroxyl groups excluding tert-OH is 1. The second-order valence-electron chi connectivity index (χ2n) is 13.0. The van der Waals surface area contributed by atoms with Crippen molar-refractivity contribution in [2.24, 2.45) is 5.41 Å². The number of nitrogens with zero attached hydrogens (tertiary/aromatic N) is 5. The zero-order valence-corrected chi connectivity index (χ0v) is 24.9. The van der Waals surface area contributed by atoms with Crippen LogP contribution in [0.25, 0.3) is 32.9 Å². The number of aromatic nitrogens is 3. The highest BCUT2D eigenvalue weighted by molar-refractivity contribution is 6.01. The van der Waals surface area contributed by atoms with E-state index in [1.54, 1.807) is 6.07 Å². The van der Waals surface area contributed by atoms with Crippen LogP contribution in [0.2, 0.25) is 0 Å². The van der Waals surface area contributed by atoms with Crippen molar-refractivity contribution in [2.75, 3.05) is 44.3 Å². The maximum Gasteiger partial charge on any atom is 0.319 e. The molecule has 0 saturated carbocycles. The van der Waals surface area contributed by atoms with Crippen molar-refractivity contribution >= 4 is 27.5 Å². The molecule has 44 heavy (non-hydrogen) atoms. The first-order valence-corrected chi connectivity index (χ1v) is 15.3. The van der Waals surface area contributed by atoms with E-state index in [1.807, 2.05) is 18.7 Å². The van der Waals surface area contributed by atoms with Gasteiger partial charge in [0.05, 0.1) is 17.5 Å². The van der Waals surface area contributed by atoms with Crippen molar-refractivity contribution in [3.8, 4) is 23.0 Å². The number of aromatic hydroxyl groups is 1. The summed E-state index contributed by atoms with van der Waals surface area (Å²) in [5.74, 6) is -0.823. The fourth-order valence-corrected chi connectivity index (χ4v) is 7.53. The van der Waals surface area contributed by atoms with E-state index in [0.717, 1.165) is 25.8 Å². The van der Waals surface area contributed by atoms with Crippen LogP contribution >= 0.6 is 0 Å². The molecule has 7 rings (SSSR count). The largest absolute Gasteiger partial charge is 0.508 e. The zero-order chi connectivity index (χ0) is 30.8. The average Bonchev–Trinajstić information content (AvgIpc) is 3.68. The molecule has 232 valence electrons. The minimum Gasteiger partial charge on any atom is -0.508 e. The van der Waals surface area contributed by atoms with Crippen molar-refractivity contribution in [3.63, 3.8) is 0 Å². The predicted molar refractivity (Wildman–Crippen MR) is 162 cm³/mol. The first-order chi connectivity index (χ1) is 21.1. The smallest absolute Gasteiger partial charge is 0.319 e. The van der Waals surface area contributed by atoms with E-state index in [1.165, 1.54) is 24.4 Å². The normalized spacial score (nSPS) is 25.4. The van der Waals surface area contributed by atoms with Crippen LogP contribution in [-0.4, -0.2) is 81.2 Å². The van der Waals surface area contributed by atoms with Gasteiger partial charge >= 0.3 is 6.01 Å². The Morgan fingerprint density at radius 1 is 1.14 bits per heavy atom. The molecule has 1 unspecified atom stereocenters. The zero-order valence-electron chi connectivity index (χ0n) is 24.9. The number of rotatable bonds is 7. The number of alkyl halides is 1. The van der Waals surface area contributed by atoms with E-state index in [4.69, 9.17) is 9.72 Å². The first kappa shape index (κ1) is 29.0. The van der Waals surface area contributed by atoms with Gasteiger partial charge in [-0.3, -0.25) is 9.88 Å². The summed E-state index contributed by atoms with van der Waals surface area (Å²) in [4.78, 5) is 17.9. The van der Waals surface area contributed by atoms with Crippen molar-refractivity contribution < 1.29 is 28.1 Å². The molecule has 0 spiro atoms. The maximum absolute atomic E-state index is 16.7. The van der Waals surface area contributed by atoms with Gasteiger partial charge in [0.2, 0.25) is 0 Å². The van der Waals surface area contributed by atoms with E-state index >= 15 is 4.39 Å². The number of pyridine rings is 1. The number of ether oxygens (including phenoxy) is 1. The van der Waals surface area contributed by atoms with Gasteiger partial charge in [0, 0.05) is 43.2 Å². The Kier molecular flexibility index (Phi) is 7.08. The van der Waals surface area contributed by atoms with Gasteiger partial charge in [0.1, 0.15) is 41.4 Å². The summed E-state index contributed by atoms with van der Waals surface area (Å²) in [6, 6.07) is 5.79. The van der Waals surface area contributed by atoms with Crippen LogP contribution in [-0.2, 0) is 6.42 Å². The highest BCUT2D eigenvalue weighted by Crippen LogP contribution is 2.42. The molecule has 5 heterocycles. The van der Waals surface area contributed by atoms with Crippen molar-refractivity contribution in [1.29, 1.82) is 0 Å². The maximum atomic E-state index is 16.7. The van der Waals surface area contributed by atoms with E-state index in [9.17, 15) is 19.0 Å². The van der Waals surface area contributed by atoms with E-state index in [2.05, 4.69) is 14.9 Å². The fourth-order valence-electron chi connectivity index (χ4n) is 7.53. The minimum absolute atomic E-state index is 0.00369. The van der Waals surface area contributed by atoms with Crippen LogP contribution in [0, 0.1) is 17.0 Å². The standard InChI is InChI=1S/C33H36F3N5O3/c1-3-22-25(35)6-5-19-11-21(43)12-23(26(19)22)28-27(36)29-24(14-37-28)30(40-10-8-32(2,16-40)17-42)39-31(38-29)44-18-33-7-4-9-41(33)15-20(34)13-33/h5-6,11-12,14,20,42-43H,3-4,7-10,13,15-18H2,1-2H3/t20-,32?,33+/m1/s1. The molecular formula is C33H36F3N5O3. The summed E-state index contributed by atoms with van der Waals surface area (Å²) in [6.07, 6.45) is 3.79. The van der Waals surface area contributed by atoms with Gasteiger partial charge in [-0.25, -0.2) is 13.2 Å². The Labute approximate surface area is 253 Å². The lowest BCUT2D eigenvalue weighted by Crippen LogP contribution is -2.43. The van der Waals surface area contributed by atoms with Gasteiger partial charge in [0.25, 0.3) is 0 Å². The van der Waals surface area contributed by atoms with Crippen LogP contribution in [0.15, 0.2) is 30.5 Å². The lowest BCUT2D eigenvalue weighted by molar-refractivity contribution is 0.107. The molecule has 3 aliphatic rings. The Bertz CT molecular complexity index is 1770. The predicted octanol–water partition coefficient (Wildman–Crippen LogP) is 5.56. The first-order valence-electron chi connectivity index (χ1n) is 15.3. The molecule has 0 bridgehead atoms. The summed E-state index contributed by atoms with van der Waals surface area (Å²) in [7, 11) is 0. The van der Waals surface area contributed by atoms with Crippen LogP contribution in [0.5, 0.6) is 11.8 Å². The summed E-state index contributed by atoms with van der Waals surface area (Å²) in [5.41, 5.74) is -0.234. The molecular weight excluding hydrogens is 571 g/mol. The van der Waals surface area contributed by atoms with Crippen molar-refractivity contribution in [2.45, 2.75) is 57.7 Å². The molecule has 2 N–H and O–H groups in total. The molecule has 4 aromatic rings. The molecule has 8 nitrogen and oxygen atoms in total. The van der Waals surface area contributed by atoms with Crippen LogP contribution in [0.3, 0.4) is 0 Å². The molecule has 2 aromatic carbocycles. The fraction of sp³-hybridized carbons (Fsp3) is 0.485. The van der Waals surface area contributed by atoms with Gasteiger partial charge < -0.3 is 19.8 Å². The number of phenols is 1. The third-order valence-corrected chi connectivity index (χ3v) is 9.88. The monoisotopic (exact) mass is 607 g/mol. The summed E-state index contributed by atoms with van der Waals surface area (Å²) in [6.45, 7) is 6.26. The molecule has 11 heteroatoms. The Morgan fingerprint density at radius 3 is 2.75 bits per heavy atom. The van der Waals surface area contributed by atoms with Crippen LogP contribution in [0.1, 0.15) is 45.1 Å². The molecule has 3 aliphatic heterocycles. The van der Waals surface area contributed by atoms with E-state index in [-0.39, 0.29) is 47.2 Å². The lowest BCUT2D eigenvalue weighted by atomic mass is 9.91. The molecule has 0 aliphatic carbocycles. The van der Waals surface area contributed by atoms with Gasteiger partial charge in [-0.05, 0) is 66.8 Å². The number of anilines is 1. The summed E-state index contributed by atoms with van der Waals surface area (Å²) >= 11 is 0. The number of fused-ring (bicyclic) bond motifs is 3. The molecule has 3 saturated heterocycles. The summed E-state index contributed by atoms with van der Waals surface area (Å²) < 4.78 is 52.2. The molecule has 2 aromatic heterocycles. The SMILES string of the molecule is CCc1c(F)ccc2cc(O)cc(-c3ncc4c(N5CCC(C)(CO)C5)nc(OC[C@@]56CCCN5C[C@H](F)C6)nc4c3F)c12. The second-order valence-corrected chi connectivity index (χ2v) is 13.0. The quantitative estimate of drug-likeness (QED) is 0.282. The Morgan fingerprint density at radius 2 is 1.98 bits per heavy atom. The third-order valence-electron chi connectivity index (χ3n) is 9.88. The minimum atomic E-state index is -0.922. The van der Waals surface area contributed by atoms with Gasteiger partial charge in [-0.15, -0.1) is 0 Å². The van der Waals surface area contributed by atoms with Crippen molar-refractivity contribution in [1.82, 2.24) is 19.9 Å². The second kappa shape index (κ2) is 10.7. The number of hydrogen-bond acceptors (Lipinski definition) is 8. The average molecular weight is 608 g/mol. The number of aryl methyl sites for hydroxylation is 1. The topological polar surface area (TPSA) is 94.8 Å².